The molecule has 3 heterocycles. The van der Waals surface area contributed by atoms with Crippen LogP contribution in [0.1, 0.15) is 41.4 Å². The Balaban J connectivity index is 2.26. The first-order valence-corrected chi connectivity index (χ1v) is 9.19. The molecular weight excluding hydrogens is 370 g/mol. The molecule has 0 amide bonds. The monoisotopic (exact) mass is 371 g/mol. The summed E-state index contributed by atoms with van der Waals surface area (Å²) in [5, 5.41) is 0. The first kappa shape index (κ1) is 10.8. The van der Waals surface area contributed by atoms with E-state index in [1.807, 2.05) is 0 Å². The number of rotatable bonds is 0. The van der Waals surface area contributed by atoms with E-state index in [1.165, 1.54) is 12.1 Å². The standard InChI is InChI=1S/C10H6O8.Sb/c11-7(12)3-1-2-4(8(13)14)6(10(17)18)5(3)9(15)16;/h1-2H,(H,11,12)(H,13,14)(H,15,16)(H,17,18);/q;+4/p-4. The minimum atomic E-state index is -5.21. The van der Waals surface area contributed by atoms with Crippen LogP contribution in [0.15, 0.2) is 12.1 Å². The second-order valence-corrected chi connectivity index (χ2v) is 8.51. The number of carbonyl (C=O) groups excluding carboxylic acids is 4. The van der Waals surface area contributed by atoms with Crippen molar-refractivity contribution in [2.75, 3.05) is 0 Å². The molecule has 0 saturated carbocycles. The van der Waals surface area contributed by atoms with Gasteiger partial charge < -0.3 is 0 Å². The van der Waals surface area contributed by atoms with Crippen LogP contribution in [0.3, 0.4) is 0 Å². The van der Waals surface area contributed by atoms with Crippen LogP contribution in [0, 0.1) is 0 Å². The Labute approximate surface area is 110 Å². The van der Waals surface area contributed by atoms with Gasteiger partial charge in [0.1, 0.15) is 0 Å². The van der Waals surface area contributed by atoms with E-state index in [2.05, 4.69) is 0 Å². The van der Waals surface area contributed by atoms with Crippen LogP contribution in [-0.4, -0.2) is 44.4 Å². The van der Waals surface area contributed by atoms with Gasteiger partial charge >= 0.3 is 110 Å². The molecule has 0 fully saturated rings. The van der Waals surface area contributed by atoms with Gasteiger partial charge in [-0.2, -0.15) is 0 Å². The zero-order valence-corrected chi connectivity index (χ0v) is 11.4. The molecule has 95 valence electrons. The molecule has 19 heavy (non-hydrogen) atoms. The van der Waals surface area contributed by atoms with Gasteiger partial charge in [0.25, 0.3) is 0 Å². The SMILES string of the molecule is O=C1[O][Sb]23[O]C(=O)c4ccc1c(c4C(=O)[O]2)C(=O)[O]3. The molecular formula is C10H2O8Sb. The van der Waals surface area contributed by atoms with Gasteiger partial charge in [-0.15, -0.1) is 0 Å². The van der Waals surface area contributed by atoms with Crippen molar-refractivity contribution in [1.82, 2.24) is 0 Å². The quantitative estimate of drug-likeness (QED) is 0.577. The van der Waals surface area contributed by atoms with E-state index in [4.69, 9.17) is 12.1 Å². The molecule has 0 aliphatic carbocycles. The van der Waals surface area contributed by atoms with Crippen molar-refractivity contribution in [2.45, 2.75) is 0 Å². The Morgan fingerprint density at radius 3 is 1.42 bits per heavy atom. The summed E-state index contributed by atoms with van der Waals surface area (Å²) in [6, 6.07) is 2.45. The van der Waals surface area contributed by atoms with Crippen LogP contribution < -0.4 is 0 Å². The molecule has 3 aliphatic rings. The molecule has 1 aromatic rings. The van der Waals surface area contributed by atoms with Crippen LogP contribution >= 0.6 is 0 Å². The van der Waals surface area contributed by atoms with Crippen LogP contribution in [0.4, 0.5) is 0 Å². The van der Waals surface area contributed by atoms with E-state index in [-0.39, 0.29) is 22.3 Å². The average Bonchev–Trinajstić information content (AvgIpc) is 2.52. The van der Waals surface area contributed by atoms with Gasteiger partial charge in [0.2, 0.25) is 0 Å². The molecule has 0 unspecified atom stereocenters. The maximum absolute atomic E-state index is 11.9. The Morgan fingerprint density at radius 1 is 0.632 bits per heavy atom. The number of benzene rings is 1. The molecule has 3 aliphatic heterocycles. The summed E-state index contributed by atoms with van der Waals surface area (Å²) < 4.78 is 19.5. The molecule has 0 atom stereocenters. The zero-order valence-electron chi connectivity index (χ0n) is 8.87. The molecule has 8 nitrogen and oxygen atoms in total. The topological polar surface area (TPSA) is 105 Å². The molecule has 0 N–H and O–H groups in total. The van der Waals surface area contributed by atoms with Gasteiger partial charge in [0.05, 0.1) is 0 Å². The summed E-state index contributed by atoms with van der Waals surface area (Å²) in [5.41, 5.74) is -0.848. The Morgan fingerprint density at radius 2 is 1.00 bits per heavy atom. The Kier molecular flexibility index (Phi) is 1.75. The molecule has 1 spiro atoms. The number of fused-ring (bicyclic) bond motifs is 2. The van der Waals surface area contributed by atoms with Gasteiger partial charge in [-0.3, -0.25) is 0 Å². The second-order valence-electron chi connectivity index (χ2n) is 3.87. The van der Waals surface area contributed by atoms with Crippen molar-refractivity contribution < 1.29 is 31.2 Å². The van der Waals surface area contributed by atoms with Gasteiger partial charge in [-0.1, -0.05) is 0 Å². The summed E-state index contributed by atoms with van der Waals surface area (Å²) in [5.74, 6) is -3.69. The summed E-state index contributed by atoms with van der Waals surface area (Å²) in [6.45, 7) is 0. The zero-order chi connectivity index (χ0) is 13.4. The van der Waals surface area contributed by atoms with Crippen LogP contribution in [0.2, 0.25) is 0 Å². The molecule has 1 aromatic carbocycles. The molecule has 0 saturated heterocycles. The second kappa shape index (κ2) is 3.08. The van der Waals surface area contributed by atoms with Crippen LogP contribution in [0.5, 0.6) is 0 Å². The summed E-state index contributed by atoms with van der Waals surface area (Å²) in [6.07, 6.45) is 0. The van der Waals surface area contributed by atoms with Gasteiger partial charge in [-0.25, -0.2) is 0 Å². The fraction of sp³-hybridized carbons (Fsp3) is 0. The van der Waals surface area contributed by atoms with Gasteiger partial charge in [0, 0.05) is 0 Å². The molecule has 1 radical (unpaired) electrons. The third-order valence-electron chi connectivity index (χ3n) is 2.83. The van der Waals surface area contributed by atoms with E-state index >= 15 is 0 Å². The third-order valence-corrected chi connectivity index (χ3v) is 7.28. The Hall–Kier alpha value is -2.08. The van der Waals surface area contributed by atoms with Crippen LogP contribution in [0.25, 0.3) is 0 Å². The van der Waals surface area contributed by atoms with Crippen molar-refractivity contribution in [3.05, 3.63) is 34.4 Å². The normalized spacial score (nSPS) is 21.1. The molecule has 0 aromatic heterocycles. The first-order chi connectivity index (χ1) is 9.01. The average molecular weight is 372 g/mol. The molecule has 9 heteroatoms. The van der Waals surface area contributed by atoms with Gasteiger partial charge in [0.15, 0.2) is 0 Å². The maximum atomic E-state index is 11.9. The fourth-order valence-corrected chi connectivity index (χ4v) is 6.11. The van der Waals surface area contributed by atoms with Crippen molar-refractivity contribution in [3.8, 4) is 0 Å². The number of hydrogen-bond donors (Lipinski definition) is 0. The van der Waals surface area contributed by atoms with Crippen molar-refractivity contribution in [1.29, 1.82) is 0 Å². The summed E-state index contributed by atoms with van der Waals surface area (Å²) >= 11 is -5.21. The number of hydrogen-bond acceptors (Lipinski definition) is 8. The predicted molar refractivity (Wildman–Crippen MR) is 53.9 cm³/mol. The van der Waals surface area contributed by atoms with Crippen molar-refractivity contribution in [2.24, 2.45) is 0 Å². The van der Waals surface area contributed by atoms with Crippen molar-refractivity contribution >= 4 is 44.4 Å². The van der Waals surface area contributed by atoms with E-state index in [0.717, 1.165) is 0 Å². The van der Waals surface area contributed by atoms with E-state index in [9.17, 15) is 19.2 Å². The van der Waals surface area contributed by atoms with Gasteiger partial charge in [-0.05, 0) is 0 Å². The van der Waals surface area contributed by atoms with E-state index in [0.29, 0.717) is 0 Å². The van der Waals surface area contributed by atoms with E-state index < -0.39 is 44.4 Å². The molecule has 4 rings (SSSR count). The first-order valence-electron chi connectivity index (χ1n) is 5.02. The summed E-state index contributed by atoms with van der Waals surface area (Å²) in [7, 11) is 0. The fourth-order valence-electron chi connectivity index (χ4n) is 2.07. The minimum absolute atomic E-state index is 0.130. The Bertz CT molecular complexity index is 652. The third kappa shape index (κ3) is 1.19. The summed E-state index contributed by atoms with van der Waals surface area (Å²) in [4.78, 5) is 47.6. The number of carbonyl (C=O) groups is 4. The van der Waals surface area contributed by atoms with Crippen LogP contribution in [-0.2, 0) is 12.1 Å². The van der Waals surface area contributed by atoms with Crippen molar-refractivity contribution in [3.63, 3.8) is 0 Å². The predicted octanol–water partition coefficient (Wildman–Crippen LogP) is -0.210. The molecule has 3 bridgehead atoms. The van der Waals surface area contributed by atoms with E-state index in [1.54, 1.807) is 0 Å².